The molecule has 3 N–H and O–H groups in total. The van der Waals surface area contributed by atoms with Gasteiger partial charge in [-0.1, -0.05) is 25.4 Å². The van der Waals surface area contributed by atoms with Crippen LogP contribution < -0.4 is 15.8 Å². The Kier molecular flexibility index (Phi) is 8.36. The number of benzene rings is 1. The van der Waals surface area contributed by atoms with Crippen molar-refractivity contribution in [3.8, 4) is 16.2 Å². The van der Waals surface area contributed by atoms with E-state index >= 15 is 0 Å². The minimum atomic E-state index is -2.83. The van der Waals surface area contributed by atoms with Crippen LogP contribution in [0, 0.1) is 13.8 Å². The van der Waals surface area contributed by atoms with Crippen LogP contribution >= 0.6 is 34.3 Å². The second kappa shape index (κ2) is 11.8. The van der Waals surface area contributed by atoms with Gasteiger partial charge in [0, 0.05) is 25.7 Å². The number of amides is 2. The number of ether oxygens (including phenoxy) is 1. The summed E-state index contributed by atoms with van der Waals surface area (Å²) < 4.78 is 39.2. The summed E-state index contributed by atoms with van der Waals surface area (Å²) in [4.78, 5) is 31.6. The lowest BCUT2D eigenvalue weighted by Crippen LogP contribution is -2.16. The molecule has 4 heterocycles. The molecule has 5 aromatic rings. The minimum Gasteiger partial charge on any atom is -0.485 e. The number of pyridine rings is 1. The molecule has 0 radical (unpaired) electrons. The van der Waals surface area contributed by atoms with Crippen molar-refractivity contribution in [3.05, 3.63) is 85.6 Å². The quantitative estimate of drug-likeness (QED) is 0.169. The van der Waals surface area contributed by atoms with Crippen LogP contribution in [0.3, 0.4) is 0 Å². The van der Waals surface area contributed by atoms with Gasteiger partial charge in [0.1, 0.15) is 33.5 Å². The van der Waals surface area contributed by atoms with Gasteiger partial charge in [-0.3, -0.25) is 9.59 Å². The maximum absolute atomic E-state index is 13.7. The Morgan fingerprint density at radius 2 is 1.88 bits per heavy atom. The number of aryl methyl sites for hydroxylation is 2. The van der Waals surface area contributed by atoms with Gasteiger partial charge in [0.15, 0.2) is 5.76 Å². The second-order valence-electron chi connectivity index (χ2n) is 9.96. The molecule has 0 aliphatic heterocycles. The number of furan rings is 1. The number of anilines is 1. The molecule has 7 nitrogen and oxygen atoms in total. The lowest BCUT2D eigenvalue weighted by atomic mass is 10.0. The molecule has 0 spiro atoms. The molecule has 0 aliphatic rings. The van der Waals surface area contributed by atoms with E-state index in [-0.39, 0.29) is 33.7 Å². The number of hydrogen-bond acceptors (Lipinski definition) is 7. The molecule has 1 aromatic carbocycles. The van der Waals surface area contributed by atoms with Gasteiger partial charge >= 0.3 is 0 Å². The summed E-state index contributed by atoms with van der Waals surface area (Å²) in [5.41, 5.74) is 7.52. The molecule has 2 amide bonds. The van der Waals surface area contributed by atoms with E-state index in [1.165, 1.54) is 23.5 Å². The minimum absolute atomic E-state index is 0.0127. The number of nitrogens with two attached hydrogens (primary N) is 1. The molecule has 218 valence electrons. The highest BCUT2D eigenvalue weighted by atomic mass is 35.5. The predicted molar refractivity (Wildman–Crippen MR) is 162 cm³/mol. The van der Waals surface area contributed by atoms with Crippen LogP contribution in [-0.4, -0.2) is 16.8 Å². The normalized spacial score (nSPS) is 11.5. The standard InChI is InChI=1S/C30H26ClF2N3O4S2/c1-13(2)17-10-19(31)14(3)9-22(17)39-12-16-6-7-21(40-16)29(38)36-25-24-18(23-8-5-15(4)41-23)11-20(27(32)33)35-30(24)42-26(25)28(34)37/h5-11,13,27H,12H2,1-4H3,(H2,34,37)(H,36,38). The van der Waals surface area contributed by atoms with Crippen molar-refractivity contribution in [2.45, 2.75) is 46.6 Å². The SMILES string of the molecule is Cc1ccc(-c2cc(C(F)F)nc3sc(C(N)=O)c(NC(=O)c4ccc(COc5cc(C)c(Cl)cc5C(C)C)o4)c23)s1. The van der Waals surface area contributed by atoms with Gasteiger partial charge < -0.3 is 20.2 Å². The smallest absolute Gasteiger partial charge is 0.291 e. The van der Waals surface area contributed by atoms with Crippen molar-refractivity contribution in [3.63, 3.8) is 0 Å². The van der Waals surface area contributed by atoms with Gasteiger partial charge in [0.05, 0.1) is 5.69 Å². The first-order valence-corrected chi connectivity index (χ1v) is 14.9. The van der Waals surface area contributed by atoms with Crippen LogP contribution in [0.4, 0.5) is 14.5 Å². The Bertz CT molecular complexity index is 1830. The largest absolute Gasteiger partial charge is 0.485 e. The maximum Gasteiger partial charge on any atom is 0.291 e. The van der Waals surface area contributed by atoms with E-state index in [0.29, 0.717) is 32.4 Å². The molecule has 5 rings (SSSR count). The first-order chi connectivity index (χ1) is 19.9. The second-order valence-corrected chi connectivity index (χ2v) is 12.7. The summed E-state index contributed by atoms with van der Waals surface area (Å²) in [5, 5.41) is 3.72. The predicted octanol–water partition coefficient (Wildman–Crippen LogP) is 8.88. The number of aromatic nitrogens is 1. The average molecular weight is 630 g/mol. The third-order valence-corrected chi connectivity index (χ3v) is 9.08. The van der Waals surface area contributed by atoms with Crippen molar-refractivity contribution < 1.29 is 27.5 Å². The molecule has 0 saturated heterocycles. The fraction of sp³-hybridized carbons (Fsp3) is 0.233. The molecule has 0 saturated carbocycles. The number of thiophene rings is 2. The highest BCUT2D eigenvalue weighted by Crippen LogP contribution is 2.44. The summed E-state index contributed by atoms with van der Waals surface area (Å²) in [5.74, 6) is -0.286. The Balaban J connectivity index is 1.46. The molecule has 12 heteroatoms. The number of nitrogens with one attached hydrogen (secondary N) is 1. The zero-order chi connectivity index (χ0) is 30.3. The number of fused-ring (bicyclic) bond motifs is 1. The number of rotatable bonds is 9. The van der Waals surface area contributed by atoms with Gasteiger partial charge in [0.25, 0.3) is 18.2 Å². The van der Waals surface area contributed by atoms with Crippen molar-refractivity contribution in [1.29, 1.82) is 0 Å². The molecule has 0 bridgehead atoms. The van der Waals surface area contributed by atoms with E-state index in [1.54, 1.807) is 12.1 Å². The zero-order valence-electron chi connectivity index (χ0n) is 23.0. The van der Waals surface area contributed by atoms with Crippen molar-refractivity contribution in [2.24, 2.45) is 5.73 Å². The molecular formula is C30H26ClF2N3O4S2. The van der Waals surface area contributed by atoms with Crippen LogP contribution in [0.25, 0.3) is 20.7 Å². The average Bonchev–Trinajstić information content (AvgIpc) is 3.67. The van der Waals surface area contributed by atoms with Gasteiger partial charge in [-0.05, 0) is 73.4 Å². The molecule has 0 unspecified atom stereocenters. The van der Waals surface area contributed by atoms with Crippen molar-refractivity contribution in [1.82, 2.24) is 4.98 Å². The van der Waals surface area contributed by atoms with Gasteiger partial charge in [-0.15, -0.1) is 22.7 Å². The lowest BCUT2D eigenvalue weighted by molar-refractivity contribution is 0.0992. The zero-order valence-corrected chi connectivity index (χ0v) is 25.4. The van der Waals surface area contributed by atoms with Gasteiger partial charge in [-0.25, -0.2) is 13.8 Å². The Morgan fingerprint density at radius 1 is 1.12 bits per heavy atom. The fourth-order valence-electron chi connectivity index (χ4n) is 4.44. The fourth-order valence-corrected chi connectivity index (χ4v) is 6.52. The van der Waals surface area contributed by atoms with Gasteiger partial charge in [0.2, 0.25) is 0 Å². The Morgan fingerprint density at radius 3 is 2.52 bits per heavy atom. The maximum atomic E-state index is 13.7. The van der Waals surface area contributed by atoms with Crippen LogP contribution in [0.2, 0.25) is 5.02 Å². The third kappa shape index (κ3) is 5.90. The van der Waals surface area contributed by atoms with E-state index in [0.717, 1.165) is 27.3 Å². The number of nitrogens with zero attached hydrogens (tertiary/aromatic N) is 1. The number of hydrogen-bond donors (Lipinski definition) is 2. The molecule has 0 aliphatic carbocycles. The highest BCUT2D eigenvalue weighted by molar-refractivity contribution is 7.21. The van der Waals surface area contributed by atoms with E-state index in [9.17, 15) is 18.4 Å². The molecular weight excluding hydrogens is 604 g/mol. The van der Waals surface area contributed by atoms with E-state index < -0.39 is 23.9 Å². The summed E-state index contributed by atoms with van der Waals surface area (Å²) in [6.07, 6.45) is -2.83. The molecule has 0 fully saturated rings. The lowest BCUT2D eigenvalue weighted by Gasteiger charge is -2.15. The van der Waals surface area contributed by atoms with Crippen molar-refractivity contribution >= 4 is 62.0 Å². The third-order valence-electron chi connectivity index (χ3n) is 6.54. The van der Waals surface area contributed by atoms with Crippen LogP contribution in [-0.2, 0) is 6.61 Å². The van der Waals surface area contributed by atoms with Crippen LogP contribution in [0.5, 0.6) is 5.75 Å². The highest BCUT2D eigenvalue weighted by Gasteiger charge is 2.26. The van der Waals surface area contributed by atoms with E-state index in [2.05, 4.69) is 10.3 Å². The summed E-state index contributed by atoms with van der Waals surface area (Å²) in [7, 11) is 0. The van der Waals surface area contributed by atoms with Crippen molar-refractivity contribution in [2.75, 3.05) is 5.32 Å². The molecule has 4 aromatic heterocycles. The first-order valence-electron chi connectivity index (χ1n) is 12.9. The number of halogens is 3. The molecule has 42 heavy (non-hydrogen) atoms. The number of carbonyl (C=O) groups excluding carboxylic acids is 2. The molecule has 0 atom stereocenters. The summed E-state index contributed by atoms with van der Waals surface area (Å²) in [6.45, 7) is 7.91. The summed E-state index contributed by atoms with van der Waals surface area (Å²) in [6, 6.07) is 11.8. The first kappa shape index (κ1) is 29.7. The number of carbonyl (C=O) groups is 2. The number of primary amides is 1. The Hall–Kier alpha value is -3.80. The van der Waals surface area contributed by atoms with Crippen LogP contribution in [0.15, 0.2) is 46.9 Å². The van der Waals surface area contributed by atoms with Crippen LogP contribution in [0.1, 0.15) is 73.9 Å². The Labute approximate surface area is 253 Å². The van der Waals surface area contributed by atoms with E-state index in [1.807, 2.05) is 45.9 Å². The van der Waals surface area contributed by atoms with Gasteiger partial charge in [-0.2, -0.15) is 0 Å². The van der Waals surface area contributed by atoms with E-state index in [4.69, 9.17) is 26.5 Å². The number of alkyl halides is 2. The summed E-state index contributed by atoms with van der Waals surface area (Å²) >= 11 is 8.53. The monoisotopic (exact) mass is 629 g/mol. The topological polar surface area (TPSA) is 107 Å².